The predicted molar refractivity (Wildman–Crippen MR) is 90.4 cm³/mol. The first-order chi connectivity index (χ1) is 11.3. The largest absolute Gasteiger partial charge is 0.384 e. The second kappa shape index (κ2) is 7.77. The van der Waals surface area contributed by atoms with Crippen molar-refractivity contribution in [2.24, 2.45) is 5.41 Å². The van der Waals surface area contributed by atoms with Gasteiger partial charge >= 0.3 is 0 Å². The summed E-state index contributed by atoms with van der Waals surface area (Å²) in [6, 6.07) is 3.86. The van der Waals surface area contributed by atoms with Crippen LogP contribution < -0.4 is 5.32 Å². The number of likely N-dealkylation sites (tertiary alicyclic amines) is 1. The molecule has 1 fully saturated rings. The lowest BCUT2D eigenvalue weighted by molar-refractivity contribution is -0.125. The Balaban J connectivity index is 1.89. The van der Waals surface area contributed by atoms with Crippen molar-refractivity contribution in [3.05, 3.63) is 41.2 Å². The average Bonchev–Trinajstić information content (AvgIpc) is 2.91. The Morgan fingerprint density at radius 2 is 2.21 bits per heavy atom. The van der Waals surface area contributed by atoms with Crippen molar-refractivity contribution in [3.8, 4) is 0 Å². The smallest absolute Gasteiger partial charge is 0.248 e. The van der Waals surface area contributed by atoms with Crippen LogP contribution in [0.4, 0.5) is 10.1 Å². The molecule has 1 unspecified atom stereocenters. The molecule has 0 saturated carbocycles. The molecule has 1 aromatic carbocycles. The number of nitrogens with one attached hydrogen (secondary N) is 1. The lowest BCUT2D eigenvalue weighted by Gasteiger charge is -2.22. The molecule has 1 aliphatic rings. The first kappa shape index (κ1) is 18.4. The Hall–Kier alpha value is -1.92. The highest BCUT2D eigenvalue weighted by Crippen LogP contribution is 2.30. The highest BCUT2D eigenvalue weighted by molar-refractivity contribution is 6.31. The zero-order valence-electron chi connectivity index (χ0n) is 13.6. The van der Waals surface area contributed by atoms with Gasteiger partial charge in [-0.3, -0.25) is 9.59 Å². The second-order valence-electron chi connectivity index (χ2n) is 6.20. The van der Waals surface area contributed by atoms with Crippen molar-refractivity contribution in [3.63, 3.8) is 0 Å². The number of amides is 2. The summed E-state index contributed by atoms with van der Waals surface area (Å²) in [6.45, 7) is 3.89. The number of hydrogen-bond donors (Lipinski definition) is 1. The van der Waals surface area contributed by atoms with E-state index in [0.717, 1.165) is 18.6 Å². The van der Waals surface area contributed by atoms with Gasteiger partial charge in [-0.05, 0) is 24.6 Å². The number of anilines is 1. The Morgan fingerprint density at radius 1 is 1.46 bits per heavy atom. The van der Waals surface area contributed by atoms with E-state index in [9.17, 15) is 14.0 Å². The number of methoxy groups -OCH3 is 1. The third-order valence-corrected chi connectivity index (χ3v) is 4.22. The van der Waals surface area contributed by atoms with Gasteiger partial charge in [0.2, 0.25) is 11.8 Å². The van der Waals surface area contributed by atoms with Crippen LogP contribution in [-0.4, -0.2) is 43.5 Å². The van der Waals surface area contributed by atoms with Gasteiger partial charge in [-0.15, -0.1) is 0 Å². The summed E-state index contributed by atoms with van der Waals surface area (Å²) in [6.07, 6.45) is 3.26. The number of nitrogens with zero attached hydrogens (tertiary/aromatic N) is 1. The number of carbonyl (C=O) groups is 2. The van der Waals surface area contributed by atoms with Gasteiger partial charge in [0.15, 0.2) is 0 Å². The van der Waals surface area contributed by atoms with Gasteiger partial charge in [0.05, 0.1) is 11.6 Å². The van der Waals surface area contributed by atoms with Gasteiger partial charge in [-0.25, -0.2) is 4.39 Å². The van der Waals surface area contributed by atoms with E-state index >= 15 is 0 Å². The number of carbonyl (C=O) groups excluding carboxylic acids is 2. The van der Waals surface area contributed by atoms with Gasteiger partial charge in [-0.1, -0.05) is 18.5 Å². The fraction of sp³-hybridized carbons (Fsp3) is 0.412. The van der Waals surface area contributed by atoms with Crippen molar-refractivity contribution < 1.29 is 18.7 Å². The Morgan fingerprint density at radius 3 is 2.88 bits per heavy atom. The number of benzene rings is 1. The molecule has 1 N–H and O–H groups in total. The molecular formula is C17H20ClFN2O3. The van der Waals surface area contributed by atoms with Crippen LogP contribution in [-0.2, 0) is 14.3 Å². The summed E-state index contributed by atoms with van der Waals surface area (Å²) in [4.78, 5) is 25.7. The van der Waals surface area contributed by atoms with Gasteiger partial charge < -0.3 is 15.0 Å². The molecule has 0 aliphatic carbocycles. The summed E-state index contributed by atoms with van der Waals surface area (Å²) >= 11 is 5.65. The van der Waals surface area contributed by atoms with E-state index in [4.69, 9.17) is 16.3 Å². The van der Waals surface area contributed by atoms with Crippen LogP contribution in [0.15, 0.2) is 30.4 Å². The van der Waals surface area contributed by atoms with Gasteiger partial charge in [0.25, 0.3) is 0 Å². The van der Waals surface area contributed by atoms with Crippen molar-refractivity contribution >= 4 is 29.1 Å². The molecule has 1 atom stereocenters. The van der Waals surface area contributed by atoms with Crippen LogP contribution in [0.25, 0.3) is 0 Å². The quantitative estimate of drug-likeness (QED) is 0.827. The Bertz CT molecular complexity index is 665. The number of hydrogen-bond acceptors (Lipinski definition) is 3. The SMILES string of the molecule is COCC1(C)CCN(C(=O)/C=C/C(=O)Nc2ccc(F)c(Cl)c2)C1. The molecule has 2 rings (SSSR count). The molecule has 0 spiro atoms. The summed E-state index contributed by atoms with van der Waals surface area (Å²) < 4.78 is 18.2. The first-order valence-electron chi connectivity index (χ1n) is 7.55. The van der Waals surface area contributed by atoms with Crippen molar-refractivity contribution in [2.45, 2.75) is 13.3 Å². The lowest BCUT2D eigenvalue weighted by Crippen LogP contribution is -2.32. The number of halogens is 2. The second-order valence-corrected chi connectivity index (χ2v) is 6.61. The summed E-state index contributed by atoms with van der Waals surface area (Å²) in [5.41, 5.74) is 0.308. The third-order valence-electron chi connectivity index (χ3n) is 3.93. The Labute approximate surface area is 145 Å². The maximum absolute atomic E-state index is 13.1. The van der Waals surface area contributed by atoms with E-state index in [-0.39, 0.29) is 16.3 Å². The van der Waals surface area contributed by atoms with E-state index in [1.807, 2.05) is 0 Å². The zero-order valence-corrected chi connectivity index (χ0v) is 14.4. The number of rotatable bonds is 5. The predicted octanol–water partition coefficient (Wildman–Crippen LogP) is 2.86. The molecule has 0 bridgehead atoms. The highest BCUT2D eigenvalue weighted by Gasteiger charge is 2.35. The minimum atomic E-state index is -0.562. The molecule has 24 heavy (non-hydrogen) atoms. The molecule has 5 nitrogen and oxygen atoms in total. The van der Waals surface area contributed by atoms with E-state index in [0.29, 0.717) is 25.4 Å². The van der Waals surface area contributed by atoms with E-state index in [1.54, 1.807) is 12.0 Å². The zero-order chi connectivity index (χ0) is 17.7. The van der Waals surface area contributed by atoms with Crippen LogP contribution in [0.1, 0.15) is 13.3 Å². The minimum absolute atomic E-state index is 0.0502. The highest BCUT2D eigenvalue weighted by atomic mass is 35.5. The molecule has 0 radical (unpaired) electrons. The van der Waals surface area contributed by atoms with Crippen LogP contribution >= 0.6 is 11.6 Å². The molecule has 1 heterocycles. The fourth-order valence-corrected chi connectivity index (χ4v) is 2.87. The van der Waals surface area contributed by atoms with E-state index < -0.39 is 11.7 Å². The van der Waals surface area contributed by atoms with E-state index in [2.05, 4.69) is 12.2 Å². The molecule has 130 valence electrons. The van der Waals surface area contributed by atoms with Gasteiger partial charge in [-0.2, -0.15) is 0 Å². The molecule has 1 aliphatic heterocycles. The monoisotopic (exact) mass is 354 g/mol. The molecule has 7 heteroatoms. The molecule has 1 saturated heterocycles. The van der Waals surface area contributed by atoms with Gasteiger partial charge in [0.1, 0.15) is 5.82 Å². The van der Waals surface area contributed by atoms with E-state index in [1.165, 1.54) is 18.2 Å². The lowest BCUT2D eigenvalue weighted by atomic mass is 9.91. The van der Waals surface area contributed by atoms with Crippen molar-refractivity contribution in [1.29, 1.82) is 0 Å². The molecule has 1 aromatic rings. The van der Waals surface area contributed by atoms with Crippen LogP contribution in [0.2, 0.25) is 5.02 Å². The van der Waals surface area contributed by atoms with Crippen LogP contribution in [0, 0.1) is 11.2 Å². The summed E-state index contributed by atoms with van der Waals surface area (Å²) in [5, 5.41) is 2.44. The first-order valence-corrected chi connectivity index (χ1v) is 7.93. The van der Waals surface area contributed by atoms with Crippen molar-refractivity contribution in [2.75, 3.05) is 32.1 Å². The molecule has 2 amide bonds. The normalized spacial score (nSPS) is 20.6. The average molecular weight is 355 g/mol. The van der Waals surface area contributed by atoms with Gasteiger partial charge in [0, 0.05) is 43.5 Å². The van der Waals surface area contributed by atoms with Crippen LogP contribution in [0.3, 0.4) is 0 Å². The maximum Gasteiger partial charge on any atom is 0.248 e. The standard InChI is InChI=1S/C17H20ClFN2O3/c1-17(11-24-2)7-8-21(10-17)16(23)6-5-15(22)20-12-3-4-14(19)13(18)9-12/h3-6,9H,7-8,10-11H2,1-2H3,(H,20,22)/b6-5+. The molecular weight excluding hydrogens is 335 g/mol. The fourth-order valence-electron chi connectivity index (χ4n) is 2.69. The maximum atomic E-state index is 13.1. The van der Waals surface area contributed by atoms with Crippen LogP contribution in [0.5, 0.6) is 0 Å². The Kier molecular flexibility index (Phi) is 5.96. The number of ether oxygens (including phenoxy) is 1. The molecule has 0 aromatic heterocycles. The topological polar surface area (TPSA) is 58.6 Å². The summed E-state index contributed by atoms with van der Waals surface area (Å²) in [7, 11) is 1.64. The van der Waals surface area contributed by atoms with Crippen molar-refractivity contribution in [1.82, 2.24) is 4.90 Å². The minimum Gasteiger partial charge on any atom is -0.384 e. The third kappa shape index (κ3) is 4.79. The summed E-state index contributed by atoms with van der Waals surface area (Å²) in [5.74, 6) is -1.26.